The van der Waals surface area contributed by atoms with E-state index in [-0.39, 0.29) is 18.0 Å². The average molecular weight is 360 g/mol. The molecule has 0 bridgehead atoms. The van der Waals surface area contributed by atoms with Crippen molar-refractivity contribution in [2.45, 2.75) is 27.3 Å². The van der Waals surface area contributed by atoms with E-state index in [0.29, 0.717) is 11.0 Å². The number of aromatic amines is 1. The summed E-state index contributed by atoms with van der Waals surface area (Å²) < 4.78 is 1.32. The second-order valence-electron chi connectivity index (χ2n) is 6.94. The molecule has 4 aromatic rings. The van der Waals surface area contributed by atoms with Gasteiger partial charge in [0.15, 0.2) is 0 Å². The quantitative estimate of drug-likeness (QED) is 0.587. The number of hydrogen-bond acceptors (Lipinski definition) is 3. The number of rotatable bonds is 3. The molecule has 2 aromatic heterocycles. The summed E-state index contributed by atoms with van der Waals surface area (Å²) in [5, 5.41) is 3.78. The smallest absolute Gasteiger partial charge is 0.278 e. The maximum Gasteiger partial charge on any atom is 0.278 e. The number of benzene rings is 2. The zero-order valence-electron chi connectivity index (χ0n) is 15.5. The van der Waals surface area contributed by atoms with E-state index in [2.05, 4.69) is 15.3 Å². The van der Waals surface area contributed by atoms with Gasteiger partial charge in [0.25, 0.3) is 5.56 Å². The fourth-order valence-electron chi connectivity index (χ4n) is 3.23. The van der Waals surface area contributed by atoms with Crippen molar-refractivity contribution in [3.63, 3.8) is 0 Å². The van der Waals surface area contributed by atoms with Crippen LogP contribution in [0.1, 0.15) is 16.7 Å². The second-order valence-corrected chi connectivity index (χ2v) is 6.94. The van der Waals surface area contributed by atoms with Crippen molar-refractivity contribution in [2.24, 2.45) is 0 Å². The molecular formula is C21H20N4O2. The SMILES string of the molecule is Cc1ccc(C)c(NC(=O)Cn2cnc3c([nH]c4ccc(C)cc43)c2=O)c1. The largest absolute Gasteiger partial charge is 0.349 e. The van der Waals surface area contributed by atoms with Crippen LogP contribution in [0.3, 0.4) is 0 Å². The van der Waals surface area contributed by atoms with Crippen molar-refractivity contribution < 1.29 is 4.79 Å². The van der Waals surface area contributed by atoms with Crippen LogP contribution in [-0.4, -0.2) is 20.4 Å². The van der Waals surface area contributed by atoms with Crippen LogP contribution in [0, 0.1) is 20.8 Å². The summed E-state index contributed by atoms with van der Waals surface area (Å²) in [5.74, 6) is -0.265. The van der Waals surface area contributed by atoms with E-state index in [4.69, 9.17) is 0 Å². The van der Waals surface area contributed by atoms with Gasteiger partial charge in [0.2, 0.25) is 5.91 Å². The maximum absolute atomic E-state index is 12.8. The van der Waals surface area contributed by atoms with Gasteiger partial charge in [-0.2, -0.15) is 0 Å². The minimum absolute atomic E-state index is 0.0937. The standard InChI is InChI=1S/C21H20N4O2/c1-12-5-7-16-15(8-12)19-20(24-16)21(27)25(11-22-19)10-18(26)23-17-9-13(2)4-6-14(17)3/h4-9,11,24H,10H2,1-3H3,(H,23,26). The third-order valence-electron chi connectivity index (χ3n) is 4.71. The number of carbonyl (C=O) groups excluding carboxylic acids is 1. The van der Waals surface area contributed by atoms with Gasteiger partial charge in [-0.25, -0.2) is 4.98 Å². The lowest BCUT2D eigenvalue weighted by molar-refractivity contribution is -0.116. The van der Waals surface area contributed by atoms with Gasteiger partial charge >= 0.3 is 0 Å². The fourth-order valence-corrected chi connectivity index (χ4v) is 3.23. The van der Waals surface area contributed by atoms with Gasteiger partial charge in [0, 0.05) is 16.6 Å². The Bertz CT molecular complexity index is 1250. The Kier molecular flexibility index (Phi) is 4.03. The van der Waals surface area contributed by atoms with Crippen molar-refractivity contribution in [1.82, 2.24) is 14.5 Å². The fraction of sp³-hybridized carbons (Fsp3) is 0.190. The van der Waals surface area contributed by atoms with E-state index in [1.807, 2.05) is 57.2 Å². The highest BCUT2D eigenvalue weighted by Crippen LogP contribution is 2.22. The average Bonchev–Trinajstić information content (AvgIpc) is 2.99. The van der Waals surface area contributed by atoms with Crippen LogP contribution in [0.25, 0.3) is 21.9 Å². The molecule has 0 unspecified atom stereocenters. The van der Waals surface area contributed by atoms with E-state index in [1.165, 1.54) is 10.9 Å². The van der Waals surface area contributed by atoms with Crippen molar-refractivity contribution in [3.05, 3.63) is 69.8 Å². The van der Waals surface area contributed by atoms with Crippen LogP contribution < -0.4 is 10.9 Å². The molecule has 0 saturated heterocycles. The van der Waals surface area contributed by atoms with Crippen molar-refractivity contribution in [1.29, 1.82) is 0 Å². The van der Waals surface area contributed by atoms with E-state index < -0.39 is 0 Å². The first-order valence-electron chi connectivity index (χ1n) is 8.77. The molecule has 2 N–H and O–H groups in total. The van der Waals surface area contributed by atoms with Crippen molar-refractivity contribution >= 4 is 33.5 Å². The van der Waals surface area contributed by atoms with Gasteiger partial charge in [0.05, 0.1) is 6.33 Å². The Morgan fingerprint density at radius 2 is 1.85 bits per heavy atom. The minimum Gasteiger partial charge on any atom is -0.349 e. The van der Waals surface area contributed by atoms with Crippen LogP contribution in [0.2, 0.25) is 0 Å². The third-order valence-corrected chi connectivity index (χ3v) is 4.71. The van der Waals surface area contributed by atoms with Crippen LogP contribution in [0.5, 0.6) is 0 Å². The van der Waals surface area contributed by atoms with E-state index in [9.17, 15) is 9.59 Å². The number of carbonyl (C=O) groups is 1. The molecule has 0 aliphatic heterocycles. The van der Waals surface area contributed by atoms with E-state index in [1.54, 1.807) is 0 Å². The maximum atomic E-state index is 12.8. The number of anilines is 1. The van der Waals surface area contributed by atoms with Gasteiger partial charge in [-0.15, -0.1) is 0 Å². The molecule has 136 valence electrons. The summed E-state index contributed by atoms with van der Waals surface area (Å²) in [6.07, 6.45) is 1.43. The first-order valence-corrected chi connectivity index (χ1v) is 8.77. The number of fused-ring (bicyclic) bond motifs is 3. The summed E-state index contributed by atoms with van der Waals surface area (Å²) in [5.41, 5.74) is 5.53. The van der Waals surface area contributed by atoms with Crippen LogP contribution >= 0.6 is 0 Å². The van der Waals surface area contributed by atoms with Gasteiger partial charge in [-0.05, 0) is 50.1 Å². The first kappa shape index (κ1) is 17.0. The number of hydrogen-bond donors (Lipinski definition) is 2. The number of aromatic nitrogens is 3. The predicted molar refractivity (Wildman–Crippen MR) is 107 cm³/mol. The molecule has 0 atom stereocenters. The zero-order chi connectivity index (χ0) is 19.1. The highest BCUT2D eigenvalue weighted by atomic mass is 16.2. The molecule has 6 nitrogen and oxygen atoms in total. The second kappa shape index (κ2) is 6.39. The molecule has 0 aliphatic rings. The number of nitrogens with one attached hydrogen (secondary N) is 2. The van der Waals surface area contributed by atoms with Crippen molar-refractivity contribution in [2.75, 3.05) is 5.32 Å². The predicted octanol–water partition coefficient (Wildman–Crippen LogP) is 3.44. The lowest BCUT2D eigenvalue weighted by Gasteiger charge is -2.10. The molecule has 27 heavy (non-hydrogen) atoms. The molecule has 1 amide bonds. The molecule has 0 aliphatic carbocycles. The van der Waals surface area contributed by atoms with Crippen molar-refractivity contribution in [3.8, 4) is 0 Å². The first-order chi connectivity index (χ1) is 12.9. The summed E-state index contributed by atoms with van der Waals surface area (Å²) in [6.45, 7) is 5.80. The summed E-state index contributed by atoms with van der Waals surface area (Å²) in [6, 6.07) is 11.8. The number of aryl methyl sites for hydroxylation is 3. The summed E-state index contributed by atoms with van der Waals surface area (Å²) >= 11 is 0. The molecular weight excluding hydrogens is 340 g/mol. The van der Waals surface area contributed by atoms with E-state index >= 15 is 0 Å². The Morgan fingerprint density at radius 3 is 2.67 bits per heavy atom. The Morgan fingerprint density at radius 1 is 1.11 bits per heavy atom. The normalized spacial score (nSPS) is 11.2. The molecule has 0 radical (unpaired) electrons. The Balaban J connectivity index is 1.67. The highest BCUT2D eigenvalue weighted by Gasteiger charge is 2.13. The van der Waals surface area contributed by atoms with Gasteiger partial charge in [0.1, 0.15) is 17.6 Å². The minimum atomic E-state index is -0.265. The number of nitrogens with zero attached hydrogens (tertiary/aromatic N) is 2. The summed E-state index contributed by atoms with van der Waals surface area (Å²) in [7, 11) is 0. The molecule has 0 fully saturated rings. The van der Waals surface area contributed by atoms with Gasteiger partial charge in [-0.3, -0.25) is 14.2 Å². The molecule has 0 saturated carbocycles. The zero-order valence-corrected chi connectivity index (χ0v) is 15.5. The van der Waals surface area contributed by atoms with E-state index in [0.717, 1.165) is 33.3 Å². The monoisotopic (exact) mass is 360 g/mol. The van der Waals surface area contributed by atoms with Crippen LogP contribution in [0.15, 0.2) is 47.5 Å². The van der Waals surface area contributed by atoms with Crippen LogP contribution in [0.4, 0.5) is 5.69 Å². The number of H-pyrrole nitrogens is 1. The number of amides is 1. The molecule has 2 aromatic carbocycles. The lowest BCUT2D eigenvalue weighted by Crippen LogP contribution is -2.28. The topological polar surface area (TPSA) is 79.8 Å². The lowest BCUT2D eigenvalue weighted by atomic mass is 10.1. The third kappa shape index (κ3) is 3.10. The molecule has 6 heteroatoms. The van der Waals surface area contributed by atoms with Gasteiger partial charge < -0.3 is 10.3 Å². The molecule has 0 spiro atoms. The van der Waals surface area contributed by atoms with Gasteiger partial charge in [-0.1, -0.05) is 23.8 Å². The highest BCUT2D eigenvalue weighted by molar-refractivity contribution is 6.04. The van der Waals surface area contributed by atoms with Crippen LogP contribution in [-0.2, 0) is 11.3 Å². The molecule has 2 heterocycles. The summed E-state index contributed by atoms with van der Waals surface area (Å²) in [4.78, 5) is 32.8. The Hall–Kier alpha value is -3.41. The Labute approximate surface area is 155 Å². The molecule has 4 rings (SSSR count).